The van der Waals surface area contributed by atoms with Crippen molar-refractivity contribution in [3.05, 3.63) is 47.1 Å². The number of aryl methyl sites for hydroxylation is 2. The molecular weight excluding hydrogens is 351 g/mol. The summed E-state index contributed by atoms with van der Waals surface area (Å²) in [4.78, 5) is 5.34. The Balaban J connectivity index is 1.67. The molecule has 0 radical (unpaired) electrons. The number of benzene rings is 1. The Morgan fingerprint density at radius 3 is 2.62 bits per heavy atom. The molecule has 0 saturated heterocycles. The van der Waals surface area contributed by atoms with Crippen molar-refractivity contribution < 1.29 is 8.91 Å². The van der Waals surface area contributed by atoms with E-state index in [0.29, 0.717) is 0 Å². The summed E-state index contributed by atoms with van der Waals surface area (Å²) in [6, 6.07) is 6.60. The van der Waals surface area contributed by atoms with Gasteiger partial charge in [-0.2, -0.15) is 0 Å². The van der Waals surface area contributed by atoms with Gasteiger partial charge in [-0.15, -0.1) is 11.8 Å². The summed E-state index contributed by atoms with van der Waals surface area (Å²) in [6.45, 7) is 7.64. The highest BCUT2D eigenvalue weighted by Crippen LogP contribution is 2.22. The van der Waals surface area contributed by atoms with Gasteiger partial charge in [0.1, 0.15) is 11.6 Å². The molecule has 0 aliphatic heterocycles. The van der Waals surface area contributed by atoms with Gasteiger partial charge in [0, 0.05) is 36.5 Å². The van der Waals surface area contributed by atoms with E-state index in [1.807, 2.05) is 26.0 Å². The molecule has 0 saturated carbocycles. The fraction of sp³-hybridized carbons (Fsp3) is 0.474. The third kappa shape index (κ3) is 6.05. The predicted octanol–water partition coefficient (Wildman–Crippen LogP) is 3.88. The van der Waals surface area contributed by atoms with Crippen LogP contribution in [0, 0.1) is 19.7 Å². The highest BCUT2D eigenvalue weighted by molar-refractivity contribution is 7.99. The van der Waals surface area contributed by atoms with Crippen LogP contribution in [0.3, 0.4) is 0 Å². The van der Waals surface area contributed by atoms with Gasteiger partial charge in [0.05, 0.1) is 5.69 Å². The van der Waals surface area contributed by atoms with Crippen molar-refractivity contribution in [2.45, 2.75) is 38.0 Å². The minimum atomic E-state index is -0.197. The number of nitrogens with one attached hydrogen (secondary N) is 2. The van der Waals surface area contributed by atoms with Gasteiger partial charge >= 0.3 is 0 Å². The highest BCUT2D eigenvalue weighted by Gasteiger charge is 2.16. The summed E-state index contributed by atoms with van der Waals surface area (Å²) in [5.74, 6) is 2.71. The van der Waals surface area contributed by atoms with Crippen molar-refractivity contribution in [3.8, 4) is 0 Å². The Labute approximate surface area is 158 Å². The van der Waals surface area contributed by atoms with Gasteiger partial charge in [0.25, 0.3) is 0 Å². The standard InChI is InChI=1S/C19H27FN4OS/c1-13(18-14(2)24-25-15(18)3)12-23-19(21-4)22-10-5-11-26-17-8-6-16(20)7-9-17/h6-9,13H,5,10-12H2,1-4H3,(H2,21,22,23). The average molecular weight is 379 g/mol. The molecule has 5 nitrogen and oxygen atoms in total. The van der Waals surface area contributed by atoms with Crippen LogP contribution in [0.15, 0.2) is 38.7 Å². The van der Waals surface area contributed by atoms with Crippen LogP contribution in [0.25, 0.3) is 0 Å². The molecule has 1 atom stereocenters. The summed E-state index contributed by atoms with van der Waals surface area (Å²) in [7, 11) is 1.77. The lowest BCUT2D eigenvalue weighted by atomic mass is 10.00. The van der Waals surface area contributed by atoms with Crippen LogP contribution >= 0.6 is 11.8 Å². The van der Waals surface area contributed by atoms with Gasteiger partial charge in [0.15, 0.2) is 5.96 Å². The Morgan fingerprint density at radius 2 is 2.00 bits per heavy atom. The molecule has 7 heteroatoms. The van der Waals surface area contributed by atoms with Gasteiger partial charge in [-0.25, -0.2) is 4.39 Å². The second kappa shape index (κ2) is 10.2. The van der Waals surface area contributed by atoms with Crippen molar-refractivity contribution in [1.29, 1.82) is 0 Å². The molecule has 0 aliphatic rings. The van der Waals surface area contributed by atoms with E-state index in [9.17, 15) is 4.39 Å². The Hall–Kier alpha value is -2.02. The zero-order valence-electron chi connectivity index (χ0n) is 15.8. The number of hydrogen-bond donors (Lipinski definition) is 2. The third-order valence-corrected chi connectivity index (χ3v) is 5.17. The van der Waals surface area contributed by atoms with Crippen molar-refractivity contribution in [2.24, 2.45) is 4.99 Å². The molecule has 1 aromatic heterocycles. The van der Waals surface area contributed by atoms with Crippen LogP contribution in [0.2, 0.25) is 0 Å². The van der Waals surface area contributed by atoms with E-state index >= 15 is 0 Å². The lowest BCUT2D eigenvalue weighted by Crippen LogP contribution is -2.39. The number of nitrogens with zero attached hydrogens (tertiary/aromatic N) is 2. The van der Waals surface area contributed by atoms with Gasteiger partial charge in [-0.3, -0.25) is 4.99 Å². The van der Waals surface area contributed by atoms with Crippen molar-refractivity contribution in [2.75, 3.05) is 25.9 Å². The van der Waals surface area contributed by atoms with Crippen LogP contribution in [-0.4, -0.2) is 37.0 Å². The van der Waals surface area contributed by atoms with Gasteiger partial charge in [0.2, 0.25) is 0 Å². The zero-order chi connectivity index (χ0) is 18.9. The van der Waals surface area contributed by atoms with Crippen LogP contribution < -0.4 is 10.6 Å². The SMILES string of the molecule is CN=C(NCCCSc1ccc(F)cc1)NCC(C)c1c(C)noc1C. The molecular formula is C19H27FN4OS. The van der Waals surface area contributed by atoms with E-state index in [4.69, 9.17) is 4.52 Å². The number of guanidine groups is 1. The van der Waals surface area contributed by atoms with Crippen molar-refractivity contribution in [3.63, 3.8) is 0 Å². The van der Waals surface area contributed by atoms with Crippen LogP contribution in [0.5, 0.6) is 0 Å². The molecule has 26 heavy (non-hydrogen) atoms. The maximum atomic E-state index is 12.9. The van der Waals surface area contributed by atoms with Crippen molar-refractivity contribution >= 4 is 17.7 Å². The lowest BCUT2D eigenvalue weighted by Gasteiger charge is -2.16. The molecule has 0 fully saturated rings. The summed E-state index contributed by atoms with van der Waals surface area (Å²) < 4.78 is 18.1. The zero-order valence-corrected chi connectivity index (χ0v) is 16.6. The maximum Gasteiger partial charge on any atom is 0.190 e. The number of aliphatic imine (C=N–C) groups is 1. The number of aromatic nitrogens is 1. The fourth-order valence-corrected chi connectivity index (χ4v) is 3.62. The lowest BCUT2D eigenvalue weighted by molar-refractivity contribution is 0.391. The largest absolute Gasteiger partial charge is 0.361 e. The maximum absolute atomic E-state index is 12.9. The average Bonchev–Trinajstić information content (AvgIpc) is 2.97. The number of halogens is 1. The fourth-order valence-electron chi connectivity index (χ4n) is 2.77. The van der Waals surface area contributed by atoms with E-state index in [0.717, 1.165) is 53.1 Å². The van der Waals surface area contributed by atoms with Crippen LogP contribution in [0.4, 0.5) is 4.39 Å². The minimum Gasteiger partial charge on any atom is -0.361 e. The molecule has 1 unspecified atom stereocenters. The number of hydrogen-bond acceptors (Lipinski definition) is 4. The summed E-state index contributed by atoms with van der Waals surface area (Å²) in [5, 5.41) is 10.7. The number of rotatable bonds is 8. The van der Waals surface area contributed by atoms with Crippen LogP contribution in [-0.2, 0) is 0 Å². The molecule has 0 aliphatic carbocycles. The molecule has 2 N–H and O–H groups in total. The second-order valence-electron chi connectivity index (χ2n) is 6.17. The summed E-state index contributed by atoms with van der Waals surface area (Å²) in [5.41, 5.74) is 2.10. The van der Waals surface area contributed by atoms with Crippen LogP contribution in [0.1, 0.15) is 36.3 Å². The number of thioether (sulfide) groups is 1. The van der Waals surface area contributed by atoms with Gasteiger partial charge < -0.3 is 15.2 Å². The smallest absolute Gasteiger partial charge is 0.190 e. The molecule has 0 bridgehead atoms. The Kier molecular flexibility index (Phi) is 7.97. The van der Waals surface area contributed by atoms with Gasteiger partial charge in [-0.1, -0.05) is 12.1 Å². The molecule has 1 heterocycles. The molecule has 2 aromatic rings. The van der Waals surface area contributed by atoms with Crippen molar-refractivity contribution in [1.82, 2.24) is 15.8 Å². The monoisotopic (exact) mass is 378 g/mol. The minimum absolute atomic E-state index is 0.197. The Bertz CT molecular complexity index is 695. The second-order valence-corrected chi connectivity index (χ2v) is 7.34. The van der Waals surface area contributed by atoms with E-state index in [1.54, 1.807) is 18.8 Å². The quantitative estimate of drug-likeness (QED) is 0.316. The Morgan fingerprint density at radius 1 is 1.27 bits per heavy atom. The summed E-state index contributed by atoms with van der Waals surface area (Å²) >= 11 is 1.72. The van der Waals surface area contributed by atoms with Gasteiger partial charge in [-0.05, 0) is 50.3 Å². The normalized spacial score (nSPS) is 12.9. The third-order valence-electron chi connectivity index (χ3n) is 4.08. The first-order valence-corrected chi connectivity index (χ1v) is 9.75. The molecule has 2 rings (SSSR count). The van der Waals surface area contributed by atoms with E-state index in [-0.39, 0.29) is 11.7 Å². The highest BCUT2D eigenvalue weighted by atomic mass is 32.2. The van der Waals surface area contributed by atoms with E-state index in [2.05, 4.69) is 27.7 Å². The predicted molar refractivity (Wildman–Crippen MR) is 105 cm³/mol. The van der Waals surface area contributed by atoms with E-state index < -0.39 is 0 Å². The topological polar surface area (TPSA) is 62.5 Å². The molecule has 0 amide bonds. The van der Waals surface area contributed by atoms with E-state index in [1.165, 1.54) is 12.1 Å². The first-order valence-electron chi connectivity index (χ1n) is 8.77. The summed E-state index contributed by atoms with van der Waals surface area (Å²) in [6.07, 6.45) is 0.988. The molecule has 142 valence electrons. The molecule has 0 spiro atoms. The first kappa shape index (κ1) is 20.3. The molecule has 1 aromatic carbocycles. The first-order chi connectivity index (χ1) is 12.5.